The highest BCUT2D eigenvalue weighted by Gasteiger charge is 2.24. The first-order valence-corrected chi connectivity index (χ1v) is 9.55. The smallest absolute Gasteiger partial charge is 0.221 e. The van der Waals surface area contributed by atoms with E-state index in [9.17, 15) is 4.79 Å². The molecule has 1 N–H and O–H groups in total. The minimum absolute atomic E-state index is 0.0119. The number of hydrogen-bond donors (Lipinski definition) is 1. The van der Waals surface area contributed by atoms with Gasteiger partial charge in [-0.05, 0) is 49.8 Å². The molecule has 1 amide bonds. The summed E-state index contributed by atoms with van der Waals surface area (Å²) in [7, 11) is 0. The van der Waals surface area contributed by atoms with Crippen LogP contribution in [0.4, 0.5) is 5.00 Å². The van der Waals surface area contributed by atoms with Gasteiger partial charge in [0.1, 0.15) is 10.0 Å². The number of hydrogen-bond acceptors (Lipinski definition) is 4. The van der Waals surface area contributed by atoms with Crippen LogP contribution in [-0.2, 0) is 17.6 Å². The second-order valence-electron chi connectivity index (χ2n) is 6.04. The van der Waals surface area contributed by atoms with Crippen molar-refractivity contribution in [3.05, 3.63) is 34.2 Å². The molecule has 3 aromatic rings. The second-order valence-corrected chi connectivity index (χ2v) is 8.17. The molecule has 5 heteroatoms. The van der Waals surface area contributed by atoms with E-state index in [1.54, 1.807) is 29.6 Å². The van der Waals surface area contributed by atoms with E-state index in [-0.39, 0.29) is 5.91 Å². The zero-order chi connectivity index (χ0) is 16.0. The van der Waals surface area contributed by atoms with Gasteiger partial charge in [0.15, 0.2) is 0 Å². The first kappa shape index (κ1) is 14.8. The zero-order valence-corrected chi connectivity index (χ0v) is 14.9. The fourth-order valence-corrected chi connectivity index (χ4v) is 5.76. The molecule has 2 heterocycles. The number of carbonyl (C=O) groups is 1. The minimum atomic E-state index is -0.0119. The van der Waals surface area contributed by atoms with Gasteiger partial charge in [-0.1, -0.05) is 12.1 Å². The third-order valence-electron chi connectivity index (χ3n) is 4.30. The number of carbonyl (C=O) groups excluding carboxylic acids is 1. The highest BCUT2D eigenvalue weighted by atomic mass is 32.1. The number of thiophene rings is 1. The Bertz CT molecular complexity index is 907. The van der Waals surface area contributed by atoms with Gasteiger partial charge in [0.2, 0.25) is 5.91 Å². The van der Waals surface area contributed by atoms with Crippen LogP contribution in [0.5, 0.6) is 0 Å². The molecule has 0 unspecified atom stereocenters. The standard InChI is InChI=1S/C18H18N2OS2/c1-10-6-5-9-14-16(10)20-18(23-14)15-12-7-3-4-8-13(12)22-17(15)19-11(2)21/h5-6,9H,3-4,7-8H2,1-2H3,(H,19,21). The van der Waals surface area contributed by atoms with Crippen LogP contribution in [0.1, 0.15) is 35.8 Å². The normalized spacial score (nSPS) is 14.0. The van der Waals surface area contributed by atoms with E-state index in [0.717, 1.165) is 28.4 Å². The highest BCUT2D eigenvalue weighted by molar-refractivity contribution is 7.23. The van der Waals surface area contributed by atoms with Crippen molar-refractivity contribution in [2.45, 2.75) is 39.5 Å². The van der Waals surface area contributed by atoms with Gasteiger partial charge in [0.25, 0.3) is 0 Å². The van der Waals surface area contributed by atoms with E-state index in [0.29, 0.717) is 0 Å². The summed E-state index contributed by atoms with van der Waals surface area (Å²) in [5.74, 6) is -0.0119. The number of fused-ring (bicyclic) bond motifs is 2. The predicted molar refractivity (Wildman–Crippen MR) is 98.6 cm³/mol. The molecule has 0 aliphatic heterocycles. The molecule has 1 aromatic carbocycles. The van der Waals surface area contributed by atoms with Gasteiger partial charge >= 0.3 is 0 Å². The number of thiazole rings is 1. The van der Waals surface area contributed by atoms with Crippen molar-refractivity contribution in [3.63, 3.8) is 0 Å². The van der Waals surface area contributed by atoms with Crippen molar-refractivity contribution in [1.82, 2.24) is 4.98 Å². The lowest BCUT2D eigenvalue weighted by molar-refractivity contribution is -0.114. The fourth-order valence-electron chi connectivity index (χ4n) is 3.23. The minimum Gasteiger partial charge on any atom is -0.317 e. The highest BCUT2D eigenvalue weighted by Crippen LogP contribution is 2.46. The maximum atomic E-state index is 11.6. The van der Waals surface area contributed by atoms with Crippen molar-refractivity contribution in [2.24, 2.45) is 0 Å². The van der Waals surface area contributed by atoms with E-state index >= 15 is 0 Å². The predicted octanol–water partition coefficient (Wildman–Crippen LogP) is 5.17. The molecule has 1 aliphatic carbocycles. The maximum Gasteiger partial charge on any atom is 0.221 e. The molecule has 0 atom stereocenters. The lowest BCUT2D eigenvalue weighted by Crippen LogP contribution is -2.05. The molecule has 0 spiro atoms. The van der Waals surface area contributed by atoms with Crippen LogP contribution in [0, 0.1) is 6.92 Å². The van der Waals surface area contributed by atoms with Gasteiger partial charge in [-0.25, -0.2) is 4.98 Å². The van der Waals surface area contributed by atoms with E-state index in [2.05, 4.69) is 30.4 Å². The van der Waals surface area contributed by atoms with E-state index in [1.807, 2.05) is 0 Å². The molecule has 3 nitrogen and oxygen atoms in total. The van der Waals surface area contributed by atoms with Crippen LogP contribution in [0.3, 0.4) is 0 Å². The average Bonchev–Trinajstić information content (AvgIpc) is 3.07. The summed E-state index contributed by atoms with van der Waals surface area (Å²) in [6.07, 6.45) is 4.68. The van der Waals surface area contributed by atoms with Gasteiger partial charge in [0, 0.05) is 17.4 Å². The van der Waals surface area contributed by atoms with E-state index in [4.69, 9.17) is 4.98 Å². The third kappa shape index (κ3) is 2.58. The molecular formula is C18H18N2OS2. The topological polar surface area (TPSA) is 42.0 Å². The number of amides is 1. The zero-order valence-electron chi connectivity index (χ0n) is 13.2. The van der Waals surface area contributed by atoms with Crippen LogP contribution >= 0.6 is 22.7 Å². The van der Waals surface area contributed by atoms with Crippen LogP contribution < -0.4 is 5.32 Å². The molecular weight excluding hydrogens is 324 g/mol. The summed E-state index contributed by atoms with van der Waals surface area (Å²) in [5.41, 5.74) is 4.86. The summed E-state index contributed by atoms with van der Waals surface area (Å²) in [6.45, 7) is 3.68. The lowest BCUT2D eigenvalue weighted by Gasteiger charge is -2.11. The molecule has 118 valence electrons. The molecule has 23 heavy (non-hydrogen) atoms. The number of nitrogens with one attached hydrogen (secondary N) is 1. The fraction of sp³-hybridized carbons (Fsp3) is 0.333. The van der Waals surface area contributed by atoms with Crippen molar-refractivity contribution in [2.75, 3.05) is 5.32 Å². The second kappa shape index (κ2) is 5.73. The first-order chi connectivity index (χ1) is 11.1. The number of nitrogens with zero attached hydrogens (tertiary/aromatic N) is 1. The van der Waals surface area contributed by atoms with Crippen LogP contribution in [0.25, 0.3) is 20.8 Å². The van der Waals surface area contributed by atoms with E-state index < -0.39 is 0 Å². The Morgan fingerprint density at radius 2 is 2.04 bits per heavy atom. The molecule has 0 saturated carbocycles. The number of aromatic nitrogens is 1. The van der Waals surface area contributed by atoms with Gasteiger partial charge in [-0.3, -0.25) is 4.79 Å². The summed E-state index contributed by atoms with van der Waals surface area (Å²) >= 11 is 3.46. The average molecular weight is 342 g/mol. The largest absolute Gasteiger partial charge is 0.317 e. The molecule has 1 aliphatic rings. The summed E-state index contributed by atoms with van der Waals surface area (Å²) in [6, 6.07) is 6.31. The molecule has 0 fully saturated rings. The quantitative estimate of drug-likeness (QED) is 0.698. The summed E-state index contributed by atoms with van der Waals surface area (Å²) < 4.78 is 1.21. The molecule has 0 radical (unpaired) electrons. The molecule has 4 rings (SSSR count). The van der Waals surface area contributed by atoms with Gasteiger partial charge in [-0.2, -0.15) is 0 Å². The number of aryl methyl sites for hydroxylation is 2. The Labute approximate surface area is 143 Å². The first-order valence-electron chi connectivity index (χ1n) is 7.92. The third-order valence-corrected chi connectivity index (χ3v) is 6.54. The number of benzene rings is 1. The van der Waals surface area contributed by atoms with Crippen LogP contribution in [0.15, 0.2) is 18.2 Å². The van der Waals surface area contributed by atoms with E-state index in [1.165, 1.54) is 39.1 Å². The molecule has 2 aromatic heterocycles. The number of para-hydroxylation sites is 1. The lowest BCUT2D eigenvalue weighted by atomic mass is 9.96. The summed E-state index contributed by atoms with van der Waals surface area (Å²) in [4.78, 5) is 17.9. The van der Waals surface area contributed by atoms with Crippen molar-refractivity contribution >= 4 is 43.8 Å². The SMILES string of the molecule is CC(=O)Nc1sc2c(c1-c1nc3c(C)cccc3s1)CCCC2. The molecule has 0 bridgehead atoms. The Morgan fingerprint density at radius 3 is 2.83 bits per heavy atom. The van der Waals surface area contributed by atoms with Gasteiger partial charge < -0.3 is 5.32 Å². The molecule has 0 saturated heterocycles. The monoisotopic (exact) mass is 342 g/mol. The Kier molecular flexibility index (Phi) is 3.70. The van der Waals surface area contributed by atoms with Crippen molar-refractivity contribution in [1.29, 1.82) is 0 Å². The number of rotatable bonds is 2. The van der Waals surface area contributed by atoms with Crippen molar-refractivity contribution in [3.8, 4) is 10.6 Å². The Hall–Kier alpha value is -1.72. The van der Waals surface area contributed by atoms with Gasteiger partial charge in [-0.15, -0.1) is 22.7 Å². The van der Waals surface area contributed by atoms with Crippen LogP contribution in [-0.4, -0.2) is 10.9 Å². The summed E-state index contributed by atoms with van der Waals surface area (Å²) in [5, 5.41) is 5.05. The Morgan fingerprint density at radius 1 is 1.22 bits per heavy atom. The van der Waals surface area contributed by atoms with Gasteiger partial charge in [0.05, 0.1) is 10.2 Å². The Balaban J connectivity index is 1.93. The maximum absolute atomic E-state index is 11.6. The number of anilines is 1. The van der Waals surface area contributed by atoms with Crippen molar-refractivity contribution < 1.29 is 4.79 Å². The van der Waals surface area contributed by atoms with Crippen LogP contribution in [0.2, 0.25) is 0 Å².